The molecule has 0 saturated heterocycles. The van der Waals surface area contributed by atoms with Gasteiger partial charge in [0.1, 0.15) is 5.75 Å². The highest BCUT2D eigenvalue weighted by atomic mass is 32.2. The number of aliphatic carboxylic acids is 1. The van der Waals surface area contributed by atoms with Crippen molar-refractivity contribution in [3.05, 3.63) is 51.7 Å². The van der Waals surface area contributed by atoms with Crippen LogP contribution in [-0.4, -0.2) is 23.7 Å². The minimum atomic E-state index is -4.80. The topological polar surface area (TPSA) is 58.6 Å². The maximum atomic E-state index is 12.4. The zero-order valence-electron chi connectivity index (χ0n) is 13.2. The second kappa shape index (κ2) is 6.80. The maximum Gasteiger partial charge on any atom is 0.573 e. The van der Waals surface area contributed by atoms with Crippen LogP contribution >= 0.6 is 11.8 Å². The number of dihydropyridines is 1. The van der Waals surface area contributed by atoms with Gasteiger partial charge in [-0.15, -0.1) is 24.9 Å². The summed E-state index contributed by atoms with van der Waals surface area (Å²) in [6.07, 6.45) is -3.01. The van der Waals surface area contributed by atoms with Gasteiger partial charge >= 0.3 is 12.3 Å². The van der Waals surface area contributed by atoms with E-state index in [1.807, 2.05) is 0 Å². The summed E-state index contributed by atoms with van der Waals surface area (Å²) in [6, 6.07) is 5.42. The van der Waals surface area contributed by atoms with Gasteiger partial charge in [-0.2, -0.15) is 0 Å². The molecule has 4 nitrogen and oxygen atoms in total. The lowest BCUT2D eigenvalue weighted by atomic mass is 9.86. The van der Waals surface area contributed by atoms with Crippen molar-refractivity contribution >= 4 is 17.7 Å². The highest BCUT2D eigenvalue weighted by Gasteiger charge is 2.34. The van der Waals surface area contributed by atoms with E-state index in [9.17, 15) is 23.1 Å². The van der Waals surface area contributed by atoms with Gasteiger partial charge in [-0.3, -0.25) is 0 Å². The average Bonchev–Trinajstić information content (AvgIpc) is 2.44. The van der Waals surface area contributed by atoms with Crippen molar-refractivity contribution in [1.82, 2.24) is 5.32 Å². The highest BCUT2D eigenvalue weighted by molar-refractivity contribution is 8.02. The molecule has 1 unspecified atom stereocenters. The Labute approximate surface area is 141 Å². The molecule has 1 aliphatic rings. The number of alkyl halides is 3. The molecular weight excluding hydrogens is 343 g/mol. The van der Waals surface area contributed by atoms with Crippen molar-refractivity contribution < 1.29 is 27.8 Å². The minimum Gasteiger partial charge on any atom is -0.478 e. The van der Waals surface area contributed by atoms with Crippen LogP contribution in [0.4, 0.5) is 13.2 Å². The number of halogens is 3. The molecule has 130 valence electrons. The molecule has 8 heteroatoms. The maximum absolute atomic E-state index is 12.4. The number of carbonyl (C=O) groups is 1. The number of thioether (sulfide) groups is 1. The Kier molecular flexibility index (Phi) is 5.17. The molecule has 0 radical (unpaired) electrons. The minimum absolute atomic E-state index is 0.106. The molecule has 0 amide bonds. The lowest BCUT2D eigenvalue weighted by Crippen LogP contribution is -2.27. The van der Waals surface area contributed by atoms with Gasteiger partial charge in [-0.25, -0.2) is 4.79 Å². The van der Waals surface area contributed by atoms with E-state index in [0.717, 1.165) is 10.6 Å². The summed E-state index contributed by atoms with van der Waals surface area (Å²) in [4.78, 5) is 12.4. The number of carboxylic acid groups (broad SMARTS) is 1. The normalized spacial score (nSPS) is 18.5. The first-order chi connectivity index (χ1) is 11.1. The van der Waals surface area contributed by atoms with Gasteiger partial charge < -0.3 is 15.2 Å². The lowest BCUT2D eigenvalue weighted by Gasteiger charge is -2.30. The molecule has 0 spiro atoms. The van der Waals surface area contributed by atoms with Crippen LogP contribution in [0.5, 0.6) is 5.75 Å². The predicted molar refractivity (Wildman–Crippen MR) is 85.6 cm³/mol. The first kappa shape index (κ1) is 18.3. The van der Waals surface area contributed by atoms with Crippen molar-refractivity contribution in [1.29, 1.82) is 0 Å². The highest BCUT2D eigenvalue weighted by Crippen LogP contribution is 2.43. The first-order valence-corrected chi connectivity index (χ1v) is 8.18. The molecule has 0 bridgehead atoms. The number of hydrogen-bond donors (Lipinski definition) is 2. The third-order valence-corrected chi connectivity index (χ3v) is 4.56. The molecule has 1 atom stereocenters. The standard InChI is InChI=1S/C16H16F3NO3S/c1-8-12(15(21)22)13(14(24-3)9(2)20-8)10-5-4-6-11(7-10)23-16(17,18)19/h4-7,13,20H,1-3H3,(H,21,22). The molecule has 0 saturated carbocycles. The van der Waals surface area contributed by atoms with Gasteiger partial charge in [0, 0.05) is 16.3 Å². The Morgan fingerprint density at radius 3 is 2.50 bits per heavy atom. The smallest absolute Gasteiger partial charge is 0.478 e. The number of allylic oxidation sites excluding steroid dienone is 3. The van der Waals surface area contributed by atoms with Crippen LogP contribution in [0.25, 0.3) is 0 Å². The fourth-order valence-electron chi connectivity index (χ4n) is 2.74. The van der Waals surface area contributed by atoms with E-state index in [-0.39, 0.29) is 11.3 Å². The molecule has 1 aromatic rings. The van der Waals surface area contributed by atoms with E-state index >= 15 is 0 Å². The zero-order valence-corrected chi connectivity index (χ0v) is 14.0. The van der Waals surface area contributed by atoms with Gasteiger partial charge in [0.2, 0.25) is 0 Å². The van der Waals surface area contributed by atoms with Gasteiger partial charge in [0.05, 0.1) is 11.5 Å². The Bertz CT molecular complexity index is 726. The summed E-state index contributed by atoms with van der Waals surface area (Å²) in [5.41, 5.74) is 1.77. The van der Waals surface area contributed by atoms with Gasteiger partial charge in [0.25, 0.3) is 0 Å². The quantitative estimate of drug-likeness (QED) is 0.843. The number of carboxylic acids is 1. The van der Waals surface area contributed by atoms with Crippen LogP contribution in [0.1, 0.15) is 25.3 Å². The molecule has 0 aliphatic carbocycles. The van der Waals surface area contributed by atoms with Crippen molar-refractivity contribution in [3.63, 3.8) is 0 Å². The molecule has 0 fully saturated rings. The molecule has 2 N–H and O–H groups in total. The summed E-state index contributed by atoms with van der Waals surface area (Å²) in [6.45, 7) is 3.43. The second-order valence-electron chi connectivity index (χ2n) is 5.22. The summed E-state index contributed by atoms with van der Waals surface area (Å²) in [5, 5.41) is 12.6. The van der Waals surface area contributed by atoms with Crippen LogP contribution in [0.3, 0.4) is 0 Å². The van der Waals surface area contributed by atoms with Crippen molar-refractivity contribution in [2.45, 2.75) is 26.1 Å². The van der Waals surface area contributed by atoms with Crippen LogP contribution in [0.2, 0.25) is 0 Å². The molecule has 2 rings (SSSR count). The molecule has 1 aliphatic heterocycles. The number of benzene rings is 1. The van der Waals surface area contributed by atoms with Gasteiger partial charge in [0.15, 0.2) is 0 Å². The van der Waals surface area contributed by atoms with Crippen LogP contribution in [0.15, 0.2) is 46.1 Å². The van der Waals surface area contributed by atoms with Crippen LogP contribution < -0.4 is 10.1 Å². The summed E-state index contributed by atoms with van der Waals surface area (Å²) >= 11 is 1.36. The van der Waals surface area contributed by atoms with E-state index in [1.165, 1.54) is 30.0 Å². The van der Waals surface area contributed by atoms with Crippen LogP contribution in [0, 0.1) is 0 Å². The predicted octanol–water partition coefficient (Wildman–Crippen LogP) is 4.23. The zero-order chi connectivity index (χ0) is 18.1. The van der Waals surface area contributed by atoms with Crippen molar-refractivity contribution in [3.8, 4) is 5.75 Å². The fraction of sp³-hybridized carbons (Fsp3) is 0.312. The molecule has 1 heterocycles. The summed E-state index contributed by atoms with van der Waals surface area (Å²) in [5.74, 6) is -2.15. The van der Waals surface area contributed by atoms with E-state index in [2.05, 4.69) is 10.1 Å². The van der Waals surface area contributed by atoms with E-state index in [4.69, 9.17) is 0 Å². The largest absolute Gasteiger partial charge is 0.573 e. The third-order valence-electron chi connectivity index (χ3n) is 3.57. The number of hydrogen-bond acceptors (Lipinski definition) is 4. The Morgan fingerprint density at radius 1 is 1.29 bits per heavy atom. The Balaban J connectivity index is 2.55. The number of ether oxygens (including phenoxy) is 1. The molecular formula is C16H16F3NO3S. The Hall–Kier alpha value is -2.09. The van der Waals surface area contributed by atoms with Crippen molar-refractivity contribution in [2.24, 2.45) is 0 Å². The average molecular weight is 359 g/mol. The van der Waals surface area contributed by atoms with E-state index < -0.39 is 18.2 Å². The van der Waals surface area contributed by atoms with E-state index in [0.29, 0.717) is 11.3 Å². The SMILES string of the molecule is CSC1=C(C)NC(C)=C(C(=O)O)C1c1cccc(OC(F)(F)F)c1. The third kappa shape index (κ3) is 3.87. The molecule has 1 aromatic carbocycles. The number of nitrogens with one attached hydrogen (secondary N) is 1. The molecule has 0 aromatic heterocycles. The lowest BCUT2D eigenvalue weighted by molar-refractivity contribution is -0.274. The number of rotatable bonds is 4. The second-order valence-corrected chi connectivity index (χ2v) is 6.06. The summed E-state index contributed by atoms with van der Waals surface area (Å²) < 4.78 is 41.3. The van der Waals surface area contributed by atoms with Crippen LogP contribution in [-0.2, 0) is 4.79 Å². The fourth-order valence-corrected chi connectivity index (χ4v) is 3.59. The van der Waals surface area contributed by atoms with Gasteiger partial charge in [-0.05, 0) is 37.8 Å². The summed E-state index contributed by atoms with van der Waals surface area (Å²) in [7, 11) is 0. The van der Waals surface area contributed by atoms with E-state index in [1.54, 1.807) is 26.2 Å². The first-order valence-electron chi connectivity index (χ1n) is 6.95. The Morgan fingerprint density at radius 2 is 1.96 bits per heavy atom. The van der Waals surface area contributed by atoms with Crippen molar-refractivity contribution in [2.75, 3.05) is 6.26 Å². The van der Waals surface area contributed by atoms with Gasteiger partial charge in [-0.1, -0.05) is 12.1 Å². The monoisotopic (exact) mass is 359 g/mol. The molecule has 24 heavy (non-hydrogen) atoms.